The van der Waals surface area contributed by atoms with Gasteiger partial charge in [0, 0.05) is 20.3 Å². The Morgan fingerprint density at radius 1 is 1.33 bits per heavy atom. The molecule has 2 rings (SSSR count). The van der Waals surface area contributed by atoms with Crippen molar-refractivity contribution >= 4 is 13.6 Å². The zero-order valence-corrected chi connectivity index (χ0v) is 14.5. The van der Waals surface area contributed by atoms with E-state index in [2.05, 4.69) is 9.05 Å². The van der Waals surface area contributed by atoms with Crippen LogP contribution < -0.4 is 4.57 Å². The van der Waals surface area contributed by atoms with Gasteiger partial charge in [0.05, 0.1) is 12.2 Å². The minimum atomic E-state index is -3.72. The van der Waals surface area contributed by atoms with E-state index in [0.29, 0.717) is 5.56 Å². The number of carbonyl (C=O) groups is 1. The van der Waals surface area contributed by atoms with Gasteiger partial charge in [0.15, 0.2) is 24.3 Å². The van der Waals surface area contributed by atoms with Gasteiger partial charge < -0.3 is 14.9 Å². The van der Waals surface area contributed by atoms with Crippen LogP contribution in [0.15, 0.2) is 24.5 Å². The summed E-state index contributed by atoms with van der Waals surface area (Å²) < 4.78 is 33.2. The van der Waals surface area contributed by atoms with E-state index < -0.39 is 32.4 Å². The number of Topliss-reactive ketones (excluding diaryl/α,β-unsaturated/α-hetero) is 1. The highest BCUT2D eigenvalue weighted by Crippen LogP contribution is 2.48. The van der Waals surface area contributed by atoms with Crippen molar-refractivity contribution in [2.75, 3.05) is 20.8 Å². The zero-order valence-electron chi connectivity index (χ0n) is 13.6. The Morgan fingerprint density at radius 3 is 2.58 bits per heavy atom. The highest BCUT2D eigenvalue weighted by Gasteiger charge is 2.49. The molecule has 9 nitrogen and oxygen atoms in total. The number of carbonyl (C=O) groups excluding carboxylic acids is 1. The van der Waals surface area contributed by atoms with E-state index in [0.717, 1.165) is 14.2 Å². The van der Waals surface area contributed by atoms with Crippen LogP contribution in [0, 0.1) is 0 Å². The average Bonchev–Trinajstić information content (AvgIpc) is 2.88. The van der Waals surface area contributed by atoms with Crippen LogP contribution >= 0.6 is 7.82 Å². The van der Waals surface area contributed by atoms with Crippen LogP contribution in [0.5, 0.6) is 0 Å². The number of aliphatic hydroxyl groups is 2. The SMILES string of the molecule is COP(=O)(OC)OC[C@H]1OC([n+]2cccc(C(C)=O)c2)[C@H](O)[C@@H]1O. The summed E-state index contributed by atoms with van der Waals surface area (Å²) in [5, 5.41) is 20.3. The molecule has 1 fully saturated rings. The molecule has 1 saturated heterocycles. The van der Waals surface area contributed by atoms with E-state index in [1.807, 2.05) is 0 Å². The molecule has 1 unspecified atom stereocenters. The molecule has 0 bridgehead atoms. The van der Waals surface area contributed by atoms with E-state index in [1.165, 1.54) is 17.7 Å². The maximum atomic E-state index is 11.9. The van der Waals surface area contributed by atoms with Crippen LogP contribution in [-0.2, 0) is 22.9 Å². The predicted molar refractivity (Wildman–Crippen MR) is 80.1 cm³/mol. The molecule has 2 N–H and O–H groups in total. The molecule has 0 amide bonds. The summed E-state index contributed by atoms with van der Waals surface area (Å²) in [4.78, 5) is 11.5. The number of nitrogens with zero attached hydrogens (tertiary/aromatic N) is 1. The summed E-state index contributed by atoms with van der Waals surface area (Å²) in [5.74, 6) is -0.140. The van der Waals surface area contributed by atoms with Crippen LogP contribution in [0.1, 0.15) is 23.5 Å². The third-order valence-corrected chi connectivity index (χ3v) is 5.06. The van der Waals surface area contributed by atoms with Crippen molar-refractivity contribution in [1.82, 2.24) is 0 Å². The molecule has 4 atom stereocenters. The quantitative estimate of drug-likeness (QED) is 0.402. The molecule has 10 heteroatoms. The Labute approximate surface area is 139 Å². The van der Waals surface area contributed by atoms with Gasteiger partial charge in [-0.2, -0.15) is 4.57 Å². The van der Waals surface area contributed by atoms with Crippen molar-refractivity contribution in [2.45, 2.75) is 31.5 Å². The molecule has 1 aliphatic heterocycles. The Bertz CT molecular complexity index is 631. The number of hydrogen-bond acceptors (Lipinski definition) is 8. The van der Waals surface area contributed by atoms with Gasteiger partial charge in [0.25, 0.3) is 6.23 Å². The number of phosphoric acid groups is 1. The third-order valence-electron chi connectivity index (χ3n) is 3.70. The first kappa shape index (κ1) is 19.1. The van der Waals surface area contributed by atoms with E-state index in [9.17, 15) is 19.6 Å². The molecule has 0 saturated carbocycles. The van der Waals surface area contributed by atoms with Gasteiger partial charge in [0.2, 0.25) is 0 Å². The largest absolute Gasteiger partial charge is 0.474 e. The molecule has 134 valence electrons. The number of hydrogen-bond donors (Lipinski definition) is 2. The lowest BCUT2D eigenvalue weighted by Gasteiger charge is -2.17. The van der Waals surface area contributed by atoms with Crippen molar-refractivity contribution in [2.24, 2.45) is 0 Å². The number of ketones is 1. The van der Waals surface area contributed by atoms with Crippen LogP contribution in [-0.4, -0.2) is 55.1 Å². The normalized spacial score (nSPS) is 27.4. The standard InChI is InChI=1S/C14H21NO8P/c1-9(16)10-5-4-6-15(7-10)14-13(18)12(17)11(23-14)8-22-24(19,20-2)21-3/h4-7,11-14,17-18H,8H2,1-3H3/q+1/t11-,12-,13-,14?/m1/s1. The maximum absolute atomic E-state index is 11.9. The lowest BCUT2D eigenvalue weighted by molar-refractivity contribution is -0.765. The van der Waals surface area contributed by atoms with Crippen LogP contribution in [0.3, 0.4) is 0 Å². The molecule has 1 aromatic rings. The summed E-state index contributed by atoms with van der Waals surface area (Å²) in [5.41, 5.74) is 0.436. The number of rotatable bonds is 7. The van der Waals surface area contributed by atoms with Gasteiger partial charge in [-0.25, -0.2) is 4.57 Å². The molecule has 2 heterocycles. The van der Waals surface area contributed by atoms with Crippen LogP contribution in [0.4, 0.5) is 0 Å². The molecular formula is C14H21NO8P+. The average molecular weight is 362 g/mol. The molecule has 1 aliphatic rings. The van der Waals surface area contributed by atoms with Crippen molar-refractivity contribution in [3.63, 3.8) is 0 Å². The molecule has 0 spiro atoms. The monoisotopic (exact) mass is 362 g/mol. The maximum Gasteiger partial charge on any atom is 0.474 e. The lowest BCUT2D eigenvalue weighted by Crippen LogP contribution is -2.46. The summed E-state index contributed by atoms with van der Waals surface area (Å²) in [6.07, 6.45) is -1.28. The predicted octanol–water partition coefficient (Wildman–Crippen LogP) is 0.213. The van der Waals surface area contributed by atoms with E-state index in [1.54, 1.807) is 18.3 Å². The summed E-state index contributed by atoms with van der Waals surface area (Å²) >= 11 is 0. The van der Waals surface area contributed by atoms with Gasteiger partial charge in [-0.15, -0.1) is 0 Å². The first-order valence-corrected chi connectivity index (χ1v) is 8.66. The van der Waals surface area contributed by atoms with Gasteiger partial charge >= 0.3 is 7.82 Å². The molecule has 0 aliphatic carbocycles. The van der Waals surface area contributed by atoms with Crippen molar-refractivity contribution in [3.8, 4) is 0 Å². The fourth-order valence-corrected chi connectivity index (χ4v) is 3.01. The Hall–Kier alpha value is -1.19. The fraction of sp³-hybridized carbons (Fsp3) is 0.571. The van der Waals surface area contributed by atoms with Gasteiger partial charge in [-0.1, -0.05) is 0 Å². The minimum absolute atomic E-state index is 0.140. The van der Waals surface area contributed by atoms with E-state index >= 15 is 0 Å². The second kappa shape index (κ2) is 7.79. The number of aliphatic hydroxyl groups excluding tert-OH is 2. The summed E-state index contributed by atoms with van der Waals surface area (Å²) in [6.45, 7) is 1.12. The van der Waals surface area contributed by atoms with E-state index in [-0.39, 0.29) is 12.4 Å². The third kappa shape index (κ3) is 4.07. The van der Waals surface area contributed by atoms with Gasteiger partial charge in [-0.3, -0.25) is 18.4 Å². The summed E-state index contributed by atoms with van der Waals surface area (Å²) in [6, 6.07) is 3.26. The number of pyridine rings is 1. The van der Waals surface area contributed by atoms with Crippen LogP contribution in [0.25, 0.3) is 0 Å². The number of aromatic nitrogens is 1. The molecular weight excluding hydrogens is 341 g/mol. The molecule has 24 heavy (non-hydrogen) atoms. The zero-order chi connectivity index (χ0) is 17.9. The van der Waals surface area contributed by atoms with Crippen LogP contribution in [0.2, 0.25) is 0 Å². The number of ether oxygens (including phenoxy) is 1. The number of phosphoric ester groups is 1. The van der Waals surface area contributed by atoms with Gasteiger partial charge in [-0.05, 0) is 13.0 Å². The van der Waals surface area contributed by atoms with E-state index in [4.69, 9.17) is 9.26 Å². The Kier molecular flexibility index (Phi) is 6.22. The first-order valence-electron chi connectivity index (χ1n) is 7.20. The highest BCUT2D eigenvalue weighted by atomic mass is 31.2. The summed E-state index contributed by atoms with van der Waals surface area (Å²) in [7, 11) is -1.39. The van der Waals surface area contributed by atoms with Crippen molar-refractivity contribution in [1.29, 1.82) is 0 Å². The fourth-order valence-electron chi connectivity index (χ4n) is 2.32. The lowest BCUT2D eigenvalue weighted by atomic mass is 10.1. The Balaban J connectivity index is 2.11. The van der Waals surface area contributed by atoms with Crippen molar-refractivity contribution in [3.05, 3.63) is 30.1 Å². The highest BCUT2D eigenvalue weighted by molar-refractivity contribution is 7.48. The topological polar surface area (TPSA) is 115 Å². The van der Waals surface area contributed by atoms with Crippen molar-refractivity contribution < 1.29 is 42.4 Å². The first-order chi connectivity index (χ1) is 11.3. The Morgan fingerprint density at radius 2 is 2.00 bits per heavy atom. The second-order valence-corrected chi connectivity index (χ2v) is 7.13. The molecule has 0 radical (unpaired) electrons. The molecule has 0 aromatic carbocycles. The van der Waals surface area contributed by atoms with Gasteiger partial charge in [0.1, 0.15) is 12.2 Å². The smallest absolute Gasteiger partial charge is 0.387 e. The molecule has 1 aromatic heterocycles. The minimum Gasteiger partial charge on any atom is -0.387 e. The second-order valence-electron chi connectivity index (χ2n) is 5.25.